The lowest BCUT2D eigenvalue weighted by Crippen LogP contribution is -2.01. The van der Waals surface area contributed by atoms with E-state index < -0.39 is 0 Å². The van der Waals surface area contributed by atoms with Crippen LogP contribution in [0.3, 0.4) is 0 Å². The van der Waals surface area contributed by atoms with Gasteiger partial charge < -0.3 is 10.1 Å². The molecule has 0 saturated heterocycles. The highest BCUT2D eigenvalue weighted by atomic mass is 16.5. The molecule has 3 nitrogen and oxygen atoms in total. The molecule has 0 aliphatic heterocycles. The van der Waals surface area contributed by atoms with Crippen LogP contribution in [0.15, 0.2) is 60.8 Å². The summed E-state index contributed by atoms with van der Waals surface area (Å²) in [5.74, 6) is 0.888. The molecule has 21 heavy (non-hydrogen) atoms. The van der Waals surface area contributed by atoms with E-state index in [0.29, 0.717) is 6.61 Å². The molecule has 0 unspecified atom stereocenters. The Hall–Kier alpha value is -2.55. The molecule has 1 aromatic heterocycles. The minimum Gasteiger partial charge on any atom is -0.494 e. The fourth-order valence-electron chi connectivity index (χ4n) is 2.37. The molecule has 0 aliphatic carbocycles. The number of rotatable bonds is 5. The number of nitrogens with one attached hydrogen (secondary N) is 1. The molecule has 0 bridgehead atoms. The molecular formula is C18H18N2O. The van der Waals surface area contributed by atoms with Crippen LogP contribution in [0.5, 0.6) is 5.75 Å². The number of hydrogen-bond donors (Lipinski definition) is 1. The molecule has 0 saturated carbocycles. The molecule has 3 aromatic rings. The summed E-state index contributed by atoms with van der Waals surface area (Å²) in [6, 6.07) is 18.3. The maximum Gasteiger partial charge on any atom is 0.121 e. The second-order valence-corrected chi connectivity index (χ2v) is 4.81. The lowest BCUT2D eigenvalue weighted by molar-refractivity contribution is 0.340. The number of nitrogens with zero attached hydrogens (tertiary/aromatic N) is 1. The number of anilines is 1. The van der Waals surface area contributed by atoms with Crippen LogP contribution in [0.25, 0.3) is 10.9 Å². The summed E-state index contributed by atoms with van der Waals surface area (Å²) in [5.41, 5.74) is 3.29. The molecular weight excluding hydrogens is 260 g/mol. The van der Waals surface area contributed by atoms with Crippen molar-refractivity contribution in [3.8, 4) is 5.75 Å². The summed E-state index contributed by atoms with van der Waals surface area (Å²) in [6.07, 6.45) is 1.83. The lowest BCUT2D eigenvalue weighted by Gasteiger charge is -2.10. The third-order valence-electron chi connectivity index (χ3n) is 3.34. The standard InChI is InChI=1S/C18H18N2O/c1-2-21-17-10-4-9-16(12-17)20-13-15-7-3-6-14-8-5-11-19-18(14)15/h3-12,20H,2,13H2,1H3. The lowest BCUT2D eigenvalue weighted by atomic mass is 10.1. The second-order valence-electron chi connectivity index (χ2n) is 4.81. The second kappa shape index (κ2) is 6.27. The zero-order valence-electron chi connectivity index (χ0n) is 12.0. The van der Waals surface area contributed by atoms with E-state index in [2.05, 4.69) is 34.6 Å². The van der Waals surface area contributed by atoms with Gasteiger partial charge in [0.2, 0.25) is 0 Å². The largest absolute Gasteiger partial charge is 0.494 e. The highest BCUT2D eigenvalue weighted by molar-refractivity contribution is 5.81. The van der Waals surface area contributed by atoms with Gasteiger partial charge in [-0.05, 0) is 30.7 Å². The van der Waals surface area contributed by atoms with Crippen molar-refractivity contribution in [3.63, 3.8) is 0 Å². The first-order chi connectivity index (χ1) is 10.4. The zero-order valence-corrected chi connectivity index (χ0v) is 12.0. The summed E-state index contributed by atoms with van der Waals surface area (Å²) >= 11 is 0. The Balaban J connectivity index is 1.79. The number of aromatic nitrogens is 1. The molecule has 2 aromatic carbocycles. The summed E-state index contributed by atoms with van der Waals surface area (Å²) in [7, 11) is 0. The van der Waals surface area contributed by atoms with E-state index in [-0.39, 0.29) is 0 Å². The van der Waals surface area contributed by atoms with Gasteiger partial charge in [-0.25, -0.2) is 0 Å². The Morgan fingerprint density at radius 3 is 2.81 bits per heavy atom. The van der Waals surface area contributed by atoms with Gasteiger partial charge in [0, 0.05) is 29.9 Å². The van der Waals surface area contributed by atoms with Crippen LogP contribution in [0.2, 0.25) is 0 Å². The van der Waals surface area contributed by atoms with Crippen molar-refractivity contribution < 1.29 is 4.74 Å². The summed E-state index contributed by atoms with van der Waals surface area (Å²) in [4.78, 5) is 4.48. The first-order valence-corrected chi connectivity index (χ1v) is 7.16. The third-order valence-corrected chi connectivity index (χ3v) is 3.34. The van der Waals surface area contributed by atoms with Gasteiger partial charge in [-0.1, -0.05) is 30.3 Å². The SMILES string of the molecule is CCOc1cccc(NCc2cccc3cccnc23)c1. The Morgan fingerprint density at radius 1 is 1.05 bits per heavy atom. The molecule has 0 aliphatic rings. The van der Waals surface area contributed by atoms with Crippen LogP contribution in [0.4, 0.5) is 5.69 Å². The molecule has 0 fully saturated rings. The van der Waals surface area contributed by atoms with Crippen LogP contribution >= 0.6 is 0 Å². The number of benzene rings is 2. The Labute approximate surface area is 124 Å². The minimum atomic E-state index is 0.677. The van der Waals surface area contributed by atoms with Gasteiger partial charge in [-0.2, -0.15) is 0 Å². The van der Waals surface area contributed by atoms with Gasteiger partial charge in [0.15, 0.2) is 0 Å². The van der Waals surface area contributed by atoms with Crippen LogP contribution < -0.4 is 10.1 Å². The van der Waals surface area contributed by atoms with Crippen molar-refractivity contribution in [2.75, 3.05) is 11.9 Å². The highest BCUT2D eigenvalue weighted by Gasteiger charge is 2.02. The van der Waals surface area contributed by atoms with Crippen LogP contribution in [-0.4, -0.2) is 11.6 Å². The van der Waals surface area contributed by atoms with E-state index in [1.54, 1.807) is 0 Å². The van der Waals surface area contributed by atoms with E-state index in [9.17, 15) is 0 Å². The minimum absolute atomic E-state index is 0.677. The van der Waals surface area contributed by atoms with Gasteiger partial charge in [-0.15, -0.1) is 0 Å². The monoisotopic (exact) mass is 278 g/mol. The first kappa shape index (κ1) is 13.4. The number of ether oxygens (including phenoxy) is 1. The first-order valence-electron chi connectivity index (χ1n) is 7.16. The number of pyridine rings is 1. The van der Waals surface area contributed by atoms with E-state index in [1.165, 1.54) is 10.9 Å². The fraction of sp³-hybridized carbons (Fsp3) is 0.167. The van der Waals surface area contributed by atoms with Crippen molar-refractivity contribution in [1.82, 2.24) is 4.98 Å². The van der Waals surface area contributed by atoms with Gasteiger partial charge in [0.25, 0.3) is 0 Å². The number of hydrogen-bond acceptors (Lipinski definition) is 3. The Morgan fingerprint density at radius 2 is 1.90 bits per heavy atom. The topological polar surface area (TPSA) is 34.1 Å². The molecule has 1 N–H and O–H groups in total. The molecule has 3 rings (SSSR count). The quantitative estimate of drug-likeness (QED) is 0.757. The molecule has 3 heteroatoms. The Bertz CT molecular complexity index is 735. The van der Waals surface area contributed by atoms with Crippen molar-refractivity contribution in [3.05, 3.63) is 66.4 Å². The molecule has 1 heterocycles. The smallest absolute Gasteiger partial charge is 0.121 e. The number of para-hydroxylation sites is 1. The molecule has 0 atom stereocenters. The van der Waals surface area contributed by atoms with E-state index >= 15 is 0 Å². The van der Waals surface area contributed by atoms with E-state index in [0.717, 1.165) is 23.5 Å². The Kier molecular flexibility index (Phi) is 4.01. The molecule has 0 spiro atoms. The predicted molar refractivity (Wildman–Crippen MR) is 86.7 cm³/mol. The average molecular weight is 278 g/mol. The van der Waals surface area contributed by atoms with E-state index in [1.807, 2.05) is 43.5 Å². The van der Waals surface area contributed by atoms with Crippen molar-refractivity contribution in [2.24, 2.45) is 0 Å². The third kappa shape index (κ3) is 3.14. The van der Waals surface area contributed by atoms with Crippen LogP contribution in [-0.2, 0) is 6.54 Å². The van der Waals surface area contributed by atoms with Crippen molar-refractivity contribution in [2.45, 2.75) is 13.5 Å². The van der Waals surface area contributed by atoms with E-state index in [4.69, 9.17) is 4.74 Å². The van der Waals surface area contributed by atoms with Crippen molar-refractivity contribution >= 4 is 16.6 Å². The van der Waals surface area contributed by atoms with Crippen LogP contribution in [0, 0.1) is 0 Å². The highest BCUT2D eigenvalue weighted by Crippen LogP contribution is 2.20. The predicted octanol–water partition coefficient (Wildman–Crippen LogP) is 4.25. The molecule has 0 amide bonds. The maximum absolute atomic E-state index is 5.52. The molecule has 106 valence electrons. The summed E-state index contributed by atoms with van der Waals surface area (Å²) < 4.78 is 5.52. The fourth-order valence-corrected chi connectivity index (χ4v) is 2.37. The van der Waals surface area contributed by atoms with Gasteiger partial charge in [0.1, 0.15) is 5.75 Å². The van der Waals surface area contributed by atoms with Gasteiger partial charge in [-0.3, -0.25) is 4.98 Å². The van der Waals surface area contributed by atoms with Gasteiger partial charge in [0.05, 0.1) is 12.1 Å². The number of fused-ring (bicyclic) bond motifs is 1. The summed E-state index contributed by atoms with van der Waals surface area (Å²) in [5, 5.41) is 4.60. The molecule has 0 radical (unpaired) electrons. The van der Waals surface area contributed by atoms with Crippen LogP contribution in [0.1, 0.15) is 12.5 Å². The van der Waals surface area contributed by atoms with Crippen molar-refractivity contribution in [1.29, 1.82) is 0 Å². The summed E-state index contributed by atoms with van der Waals surface area (Å²) in [6.45, 7) is 3.41. The normalized spacial score (nSPS) is 10.5. The maximum atomic E-state index is 5.52. The zero-order chi connectivity index (χ0) is 14.5. The van der Waals surface area contributed by atoms with Gasteiger partial charge >= 0.3 is 0 Å². The average Bonchev–Trinajstić information content (AvgIpc) is 2.53.